The van der Waals surface area contributed by atoms with Gasteiger partial charge in [0.15, 0.2) is 12.4 Å². The number of anilines is 1. The number of halogens is 1. The molecule has 1 aromatic heterocycles. The molecule has 0 aromatic carbocycles. The lowest BCUT2D eigenvalue weighted by molar-refractivity contribution is -0.0491. The second kappa shape index (κ2) is 5.58. The van der Waals surface area contributed by atoms with E-state index >= 15 is 0 Å². The van der Waals surface area contributed by atoms with E-state index in [0.29, 0.717) is 0 Å². The molecular formula is C12H14FN3O4. The van der Waals surface area contributed by atoms with Crippen molar-refractivity contribution in [3.63, 3.8) is 0 Å². The Balaban J connectivity index is 2.45. The molecule has 1 saturated heterocycles. The molecule has 0 saturated carbocycles. The van der Waals surface area contributed by atoms with E-state index in [1.54, 1.807) is 6.92 Å². The zero-order valence-electron chi connectivity index (χ0n) is 10.7. The second-order valence-electron chi connectivity index (χ2n) is 4.29. The number of nitrogens with zero attached hydrogens (tertiary/aromatic N) is 2. The summed E-state index contributed by atoms with van der Waals surface area (Å²) in [5.41, 5.74) is 4.98. The van der Waals surface area contributed by atoms with Crippen LogP contribution in [0.2, 0.25) is 0 Å². The first-order valence-electron chi connectivity index (χ1n) is 5.89. The Morgan fingerprint density at radius 1 is 1.65 bits per heavy atom. The first kappa shape index (κ1) is 14.5. The van der Waals surface area contributed by atoms with Crippen LogP contribution in [0.1, 0.15) is 18.7 Å². The van der Waals surface area contributed by atoms with Crippen molar-refractivity contribution in [3.8, 4) is 11.8 Å². The third-order valence-electron chi connectivity index (χ3n) is 2.99. The topological polar surface area (TPSA) is 111 Å². The van der Waals surface area contributed by atoms with E-state index in [1.165, 1.54) is 6.20 Å². The fourth-order valence-corrected chi connectivity index (χ4v) is 1.97. The minimum absolute atomic E-state index is 0.0618. The largest absolute Gasteiger partial charge is 0.394 e. The van der Waals surface area contributed by atoms with Gasteiger partial charge in [0.25, 0.3) is 0 Å². The number of nitrogen functional groups attached to an aromatic ring is 1. The Kier molecular flexibility index (Phi) is 4.04. The van der Waals surface area contributed by atoms with Crippen molar-refractivity contribution in [1.82, 2.24) is 9.55 Å². The molecule has 1 aliphatic rings. The Morgan fingerprint density at radius 2 is 2.35 bits per heavy atom. The summed E-state index contributed by atoms with van der Waals surface area (Å²) in [4.78, 5) is 15.3. The number of hydrogen-bond acceptors (Lipinski definition) is 6. The Bertz CT molecular complexity index is 621. The molecule has 2 rings (SSSR count). The Hall–Kier alpha value is -1.95. The molecule has 2 heterocycles. The Labute approximate surface area is 113 Å². The van der Waals surface area contributed by atoms with Gasteiger partial charge >= 0.3 is 5.69 Å². The first-order chi connectivity index (χ1) is 9.49. The average molecular weight is 283 g/mol. The summed E-state index contributed by atoms with van der Waals surface area (Å²) in [6.07, 6.45) is -4.63. The highest BCUT2D eigenvalue weighted by atomic mass is 19.1. The van der Waals surface area contributed by atoms with Crippen LogP contribution in [-0.2, 0) is 4.74 Å². The molecule has 20 heavy (non-hydrogen) atoms. The molecule has 0 bridgehead atoms. The minimum atomic E-state index is -1.86. The van der Waals surface area contributed by atoms with Gasteiger partial charge in [-0.15, -0.1) is 5.92 Å². The predicted molar refractivity (Wildman–Crippen MR) is 67.4 cm³/mol. The number of hydrogen-bond donors (Lipinski definition) is 3. The van der Waals surface area contributed by atoms with Gasteiger partial charge in [-0.25, -0.2) is 9.18 Å². The summed E-state index contributed by atoms with van der Waals surface area (Å²) in [5.74, 6) is 5.16. The lowest BCUT2D eigenvalue weighted by Gasteiger charge is -2.16. The zero-order valence-corrected chi connectivity index (χ0v) is 10.7. The van der Waals surface area contributed by atoms with Crippen LogP contribution in [0.3, 0.4) is 0 Å². The van der Waals surface area contributed by atoms with Crippen molar-refractivity contribution >= 4 is 5.82 Å². The van der Waals surface area contributed by atoms with Crippen molar-refractivity contribution < 1.29 is 19.3 Å². The number of alkyl halides is 1. The highest BCUT2D eigenvalue weighted by molar-refractivity contribution is 5.48. The van der Waals surface area contributed by atoms with Crippen LogP contribution in [0, 0.1) is 11.8 Å². The Morgan fingerprint density at radius 3 is 2.90 bits per heavy atom. The third kappa shape index (κ3) is 2.38. The van der Waals surface area contributed by atoms with Crippen LogP contribution in [0.15, 0.2) is 11.0 Å². The maximum atomic E-state index is 14.0. The highest BCUT2D eigenvalue weighted by Crippen LogP contribution is 2.30. The van der Waals surface area contributed by atoms with Crippen LogP contribution < -0.4 is 11.4 Å². The van der Waals surface area contributed by atoms with E-state index in [1.807, 2.05) is 0 Å². The molecule has 1 fully saturated rings. The summed E-state index contributed by atoms with van der Waals surface area (Å²) in [7, 11) is 0. The van der Waals surface area contributed by atoms with E-state index in [2.05, 4.69) is 16.8 Å². The molecule has 0 amide bonds. The number of aromatic nitrogens is 2. The van der Waals surface area contributed by atoms with E-state index in [0.717, 1.165) is 4.57 Å². The SMILES string of the molecule is CC#Cc1cn([C@@H]2O[C@H](CO)[C@@H](O)[C@H]2F)c(=O)nc1N. The van der Waals surface area contributed by atoms with Gasteiger partial charge in [0.1, 0.15) is 18.0 Å². The third-order valence-corrected chi connectivity index (χ3v) is 2.99. The lowest BCUT2D eigenvalue weighted by Crippen LogP contribution is -2.34. The molecule has 108 valence electrons. The average Bonchev–Trinajstić information content (AvgIpc) is 2.70. The van der Waals surface area contributed by atoms with Crippen molar-refractivity contribution in [1.29, 1.82) is 0 Å². The molecule has 0 spiro atoms. The van der Waals surface area contributed by atoms with Crippen LogP contribution >= 0.6 is 0 Å². The lowest BCUT2D eigenvalue weighted by atomic mass is 10.1. The standard InChI is InChI=1S/C12H14FN3O4/c1-2-3-6-4-16(12(19)15-10(6)14)11-8(13)9(18)7(5-17)20-11/h4,7-9,11,17-18H,5H2,1H3,(H2,14,15,19)/t7-,8-,9-,11-/m1/s1. The molecule has 8 heteroatoms. The zero-order chi connectivity index (χ0) is 14.9. The molecule has 4 N–H and O–H groups in total. The van der Waals surface area contributed by atoms with Gasteiger partial charge < -0.3 is 20.7 Å². The summed E-state index contributed by atoms with van der Waals surface area (Å²) >= 11 is 0. The van der Waals surface area contributed by atoms with Crippen molar-refractivity contribution in [2.45, 2.75) is 31.5 Å². The molecule has 0 aliphatic carbocycles. The van der Waals surface area contributed by atoms with Crippen LogP contribution in [0.5, 0.6) is 0 Å². The van der Waals surface area contributed by atoms with E-state index in [4.69, 9.17) is 15.6 Å². The van der Waals surface area contributed by atoms with Gasteiger partial charge in [-0.1, -0.05) is 5.92 Å². The van der Waals surface area contributed by atoms with Crippen LogP contribution in [0.25, 0.3) is 0 Å². The quantitative estimate of drug-likeness (QED) is 0.587. The molecule has 1 aromatic rings. The smallest absolute Gasteiger partial charge is 0.351 e. The number of nitrogens with two attached hydrogens (primary N) is 1. The maximum absolute atomic E-state index is 14.0. The van der Waals surface area contributed by atoms with Gasteiger partial charge in [0.2, 0.25) is 0 Å². The van der Waals surface area contributed by atoms with E-state index in [9.17, 15) is 14.3 Å². The fraction of sp³-hybridized carbons (Fsp3) is 0.500. The number of aliphatic hydroxyl groups is 2. The van der Waals surface area contributed by atoms with Gasteiger partial charge in [-0.2, -0.15) is 4.98 Å². The number of rotatable bonds is 2. The molecule has 0 radical (unpaired) electrons. The number of ether oxygens (including phenoxy) is 1. The summed E-state index contributed by atoms with van der Waals surface area (Å²) in [6.45, 7) is 1.02. The molecule has 7 nitrogen and oxygen atoms in total. The molecule has 4 atom stereocenters. The van der Waals surface area contributed by atoms with E-state index in [-0.39, 0.29) is 11.4 Å². The predicted octanol–water partition coefficient (Wildman–Crippen LogP) is -1.21. The van der Waals surface area contributed by atoms with Crippen molar-refractivity contribution in [2.24, 2.45) is 0 Å². The minimum Gasteiger partial charge on any atom is -0.394 e. The van der Waals surface area contributed by atoms with Gasteiger partial charge in [0, 0.05) is 6.20 Å². The maximum Gasteiger partial charge on any atom is 0.351 e. The van der Waals surface area contributed by atoms with E-state index < -0.39 is 36.9 Å². The molecule has 0 unspecified atom stereocenters. The first-order valence-corrected chi connectivity index (χ1v) is 5.89. The summed E-state index contributed by atoms with van der Waals surface area (Å²) in [5, 5.41) is 18.5. The van der Waals surface area contributed by atoms with Gasteiger partial charge in [0.05, 0.1) is 12.2 Å². The normalized spacial score (nSPS) is 29.0. The number of aliphatic hydroxyl groups excluding tert-OH is 2. The van der Waals surface area contributed by atoms with Crippen LogP contribution in [0.4, 0.5) is 10.2 Å². The summed E-state index contributed by atoms with van der Waals surface area (Å²) < 4.78 is 20.0. The second-order valence-corrected chi connectivity index (χ2v) is 4.29. The fourth-order valence-electron chi connectivity index (χ4n) is 1.97. The van der Waals surface area contributed by atoms with Gasteiger partial charge in [-0.3, -0.25) is 4.57 Å². The van der Waals surface area contributed by atoms with Crippen molar-refractivity contribution in [2.75, 3.05) is 12.3 Å². The molecular weight excluding hydrogens is 269 g/mol. The van der Waals surface area contributed by atoms with Gasteiger partial charge in [-0.05, 0) is 6.92 Å². The van der Waals surface area contributed by atoms with Crippen LogP contribution in [-0.4, -0.2) is 44.8 Å². The summed E-state index contributed by atoms with van der Waals surface area (Å²) in [6, 6.07) is 0. The van der Waals surface area contributed by atoms with Crippen molar-refractivity contribution in [3.05, 3.63) is 22.2 Å². The highest BCUT2D eigenvalue weighted by Gasteiger charge is 2.45. The molecule has 1 aliphatic heterocycles. The monoisotopic (exact) mass is 283 g/mol.